The normalized spacial score (nSPS) is 22.9. The Hall–Kier alpha value is -4.18. The molecule has 320 valence electrons. The zero-order chi connectivity index (χ0) is 41.7. The van der Waals surface area contributed by atoms with Crippen molar-refractivity contribution in [2.75, 3.05) is 39.4 Å². The number of nitrogens with zero attached hydrogens (tertiary/aromatic N) is 2. The number of phenolic OH excluding ortho intramolecular Hbond substituents is 1. The van der Waals surface area contributed by atoms with E-state index >= 15 is 0 Å². The lowest BCUT2D eigenvalue weighted by Crippen LogP contribution is -2.36. The number of phenols is 1. The van der Waals surface area contributed by atoms with Gasteiger partial charge in [-0.15, -0.1) is 0 Å². The van der Waals surface area contributed by atoms with Gasteiger partial charge >= 0.3 is 11.9 Å². The summed E-state index contributed by atoms with van der Waals surface area (Å²) in [5, 5.41) is 23.2. The van der Waals surface area contributed by atoms with Crippen molar-refractivity contribution in [3.63, 3.8) is 0 Å². The highest BCUT2D eigenvalue weighted by Crippen LogP contribution is 2.32. The van der Waals surface area contributed by atoms with Gasteiger partial charge in [0.1, 0.15) is 17.6 Å². The van der Waals surface area contributed by atoms with Crippen LogP contribution in [0.25, 0.3) is 21.5 Å². The van der Waals surface area contributed by atoms with E-state index < -0.39 is 0 Å². The molecule has 9 nitrogen and oxygen atoms in total. The van der Waals surface area contributed by atoms with Gasteiger partial charge in [0.2, 0.25) is 0 Å². The van der Waals surface area contributed by atoms with E-state index in [0.717, 1.165) is 87.9 Å². The van der Waals surface area contributed by atoms with Gasteiger partial charge in [-0.05, 0) is 179 Å². The second-order valence-electron chi connectivity index (χ2n) is 17.4. The standard InChI is InChI=1S/C25H33NO3.C19H23NO3.C6H12O/c1-3-28-25(27)20-11-13-26(14-12-20)17-19-7-8-22-16-23(10-9-21(22)15-19)29-24-6-4-5-18(24)2;1-2-23-19(22)15-7-9-20(10-8-15)13-14-3-4-17-12-18(21)6-5-16(17)11-14;1-5-3-2-4-6(5)7/h7-10,15-16,18,20,24H,3-6,11-14,17H2,1-2H3;3-6,11-12,15,21H,2,7-10,13H2,1H3;5-7H,2-4H2,1H3. The lowest BCUT2D eigenvalue weighted by atomic mass is 9.96. The van der Waals surface area contributed by atoms with Crippen LogP contribution < -0.4 is 4.74 Å². The van der Waals surface area contributed by atoms with Crippen LogP contribution in [-0.2, 0) is 32.2 Å². The minimum Gasteiger partial charge on any atom is -0.508 e. The first-order chi connectivity index (χ1) is 28.6. The third-order valence-electron chi connectivity index (χ3n) is 12.9. The number of ether oxygens (including phenoxy) is 3. The van der Waals surface area contributed by atoms with Crippen LogP contribution in [-0.4, -0.2) is 83.6 Å². The Morgan fingerprint density at radius 2 is 1.07 bits per heavy atom. The van der Waals surface area contributed by atoms with Crippen molar-refractivity contribution in [2.24, 2.45) is 23.7 Å². The minimum absolute atomic E-state index is 0.0139. The minimum atomic E-state index is -0.0438. The molecule has 2 aliphatic heterocycles. The summed E-state index contributed by atoms with van der Waals surface area (Å²) in [5.74, 6) is 2.58. The Morgan fingerprint density at radius 1 is 0.593 bits per heavy atom. The Bertz CT molecular complexity index is 1940. The quantitative estimate of drug-likeness (QED) is 0.152. The molecule has 0 bridgehead atoms. The SMILES string of the molecule is CC1CCCC1O.CCOC(=O)C1CCN(Cc2ccc3cc(O)ccc3c2)CC1.CCOC(=O)C1CCN(Cc2ccc3cc(OC4CCCC4C)ccc3c2)CC1. The van der Waals surface area contributed by atoms with Crippen LogP contribution in [0.15, 0.2) is 72.8 Å². The van der Waals surface area contributed by atoms with Crippen LogP contribution >= 0.6 is 0 Å². The van der Waals surface area contributed by atoms with Crippen LogP contribution in [0, 0.1) is 23.7 Å². The number of aliphatic hydroxyl groups is 1. The maximum absolute atomic E-state index is 11.9. The molecule has 0 aromatic heterocycles. The fraction of sp³-hybridized carbons (Fsp3) is 0.560. The first kappa shape index (κ1) is 44.4. The van der Waals surface area contributed by atoms with E-state index in [1.165, 1.54) is 54.0 Å². The summed E-state index contributed by atoms with van der Waals surface area (Å²) < 4.78 is 16.5. The van der Waals surface area contributed by atoms with E-state index in [-0.39, 0.29) is 29.9 Å². The highest BCUT2D eigenvalue weighted by molar-refractivity contribution is 5.85. The third kappa shape index (κ3) is 12.9. The van der Waals surface area contributed by atoms with Crippen molar-refractivity contribution in [3.05, 3.63) is 83.9 Å². The van der Waals surface area contributed by atoms with E-state index in [4.69, 9.17) is 19.3 Å². The number of benzene rings is 4. The second-order valence-corrected chi connectivity index (χ2v) is 17.4. The first-order valence-corrected chi connectivity index (χ1v) is 22.5. The van der Waals surface area contributed by atoms with Crippen LogP contribution in [0.2, 0.25) is 0 Å². The average Bonchev–Trinajstić information content (AvgIpc) is 3.83. The summed E-state index contributed by atoms with van der Waals surface area (Å²) in [6.07, 6.45) is 11.1. The summed E-state index contributed by atoms with van der Waals surface area (Å²) in [6, 6.07) is 25.0. The van der Waals surface area contributed by atoms with Crippen LogP contribution in [0.3, 0.4) is 0 Å². The summed E-state index contributed by atoms with van der Waals surface area (Å²) in [5.41, 5.74) is 2.59. The largest absolute Gasteiger partial charge is 0.508 e. The number of piperidine rings is 2. The predicted octanol–water partition coefficient (Wildman–Crippen LogP) is 9.67. The van der Waals surface area contributed by atoms with Crippen molar-refractivity contribution < 1.29 is 34.0 Å². The molecule has 4 unspecified atom stereocenters. The van der Waals surface area contributed by atoms with Crippen molar-refractivity contribution in [1.29, 1.82) is 0 Å². The molecule has 2 saturated heterocycles. The first-order valence-electron chi connectivity index (χ1n) is 22.5. The Balaban J connectivity index is 0.000000173. The molecule has 2 heterocycles. The van der Waals surface area contributed by atoms with E-state index in [0.29, 0.717) is 36.9 Å². The van der Waals surface area contributed by atoms with Crippen molar-refractivity contribution in [3.8, 4) is 11.5 Å². The fourth-order valence-electron chi connectivity index (χ4n) is 9.10. The molecule has 4 atom stereocenters. The lowest BCUT2D eigenvalue weighted by molar-refractivity contribution is -0.150. The Morgan fingerprint density at radius 3 is 1.53 bits per heavy atom. The lowest BCUT2D eigenvalue weighted by Gasteiger charge is -2.30. The van der Waals surface area contributed by atoms with Gasteiger partial charge < -0.3 is 24.4 Å². The summed E-state index contributed by atoms with van der Waals surface area (Å²) in [7, 11) is 0. The van der Waals surface area contributed by atoms with Crippen molar-refractivity contribution >= 4 is 33.5 Å². The average molecular weight is 809 g/mol. The van der Waals surface area contributed by atoms with Crippen LogP contribution in [0.5, 0.6) is 11.5 Å². The smallest absolute Gasteiger partial charge is 0.309 e. The molecule has 4 aromatic carbocycles. The van der Waals surface area contributed by atoms with Gasteiger partial charge in [-0.3, -0.25) is 19.4 Å². The third-order valence-corrected chi connectivity index (χ3v) is 12.9. The topological polar surface area (TPSA) is 109 Å². The van der Waals surface area contributed by atoms with Gasteiger partial charge in [0.15, 0.2) is 0 Å². The van der Waals surface area contributed by atoms with Crippen LogP contribution in [0.1, 0.15) is 103 Å². The monoisotopic (exact) mass is 809 g/mol. The van der Waals surface area contributed by atoms with Crippen molar-refractivity contribution in [1.82, 2.24) is 9.80 Å². The maximum atomic E-state index is 11.9. The molecule has 2 N–H and O–H groups in total. The summed E-state index contributed by atoms with van der Waals surface area (Å²) in [4.78, 5) is 28.5. The molecule has 4 aromatic rings. The van der Waals surface area contributed by atoms with Crippen LogP contribution in [0.4, 0.5) is 0 Å². The van der Waals surface area contributed by atoms with E-state index in [2.05, 4.69) is 78.2 Å². The molecule has 0 spiro atoms. The Labute approximate surface area is 352 Å². The molecule has 0 amide bonds. The number of fused-ring (bicyclic) bond motifs is 2. The predicted molar refractivity (Wildman–Crippen MR) is 235 cm³/mol. The molecule has 4 aliphatic rings. The molecule has 0 radical (unpaired) electrons. The van der Waals surface area contributed by atoms with E-state index in [1.807, 2.05) is 19.9 Å². The number of hydrogen-bond donors (Lipinski definition) is 2. The van der Waals surface area contributed by atoms with Gasteiger partial charge in [-0.2, -0.15) is 0 Å². The number of carbonyl (C=O) groups is 2. The molecule has 8 rings (SSSR count). The second kappa shape index (κ2) is 21.9. The zero-order valence-corrected chi connectivity index (χ0v) is 36.0. The number of esters is 2. The number of carbonyl (C=O) groups excluding carboxylic acids is 2. The molecule has 4 fully saturated rings. The number of aliphatic hydroxyl groups excluding tert-OH is 1. The van der Waals surface area contributed by atoms with Crippen molar-refractivity contribution in [2.45, 2.75) is 117 Å². The molecule has 9 heteroatoms. The maximum Gasteiger partial charge on any atom is 0.309 e. The number of rotatable bonds is 10. The highest BCUT2D eigenvalue weighted by Gasteiger charge is 2.28. The van der Waals surface area contributed by atoms with E-state index in [9.17, 15) is 14.7 Å². The Kier molecular flexibility index (Phi) is 16.5. The number of likely N-dealkylation sites (tertiary alicyclic amines) is 2. The number of hydrogen-bond acceptors (Lipinski definition) is 9. The molecular formula is C50H68N2O7. The van der Waals surface area contributed by atoms with E-state index in [1.54, 1.807) is 12.1 Å². The van der Waals surface area contributed by atoms with Gasteiger partial charge in [0.25, 0.3) is 0 Å². The van der Waals surface area contributed by atoms with Gasteiger partial charge in [-0.25, -0.2) is 0 Å². The highest BCUT2D eigenvalue weighted by atomic mass is 16.5. The van der Waals surface area contributed by atoms with Gasteiger partial charge in [-0.1, -0.05) is 56.7 Å². The molecule has 59 heavy (non-hydrogen) atoms. The van der Waals surface area contributed by atoms with Gasteiger partial charge in [0, 0.05) is 13.1 Å². The molecule has 2 saturated carbocycles. The fourth-order valence-corrected chi connectivity index (χ4v) is 9.10. The summed E-state index contributed by atoms with van der Waals surface area (Å²) in [6.45, 7) is 14.7. The number of aromatic hydroxyl groups is 1. The summed E-state index contributed by atoms with van der Waals surface area (Å²) >= 11 is 0. The van der Waals surface area contributed by atoms with Gasteiger partial charge in [0.05, 0.1) is 31.2 Å². The molecular weight excluding hydrogens is 741 g/mol. The zero-order valence-electron chi connectivity index (χ0n) is 36.0. The molecule has 2 aliphatic carbocycles.